The minimum atomic E-state index is -0.589. The van der Waals surface area contributed by atoms with Gasteiger partial charge in [-0.1, -0.05) is 85.3 Å². The van der Waals surface area contributed by atoms with Gasteiger partial charge in [0.05, 0.1) is 32.1 Å². The smallest absolute Gasteiger partial charge is 0.139 e. The van der Waals surface area contributed by atoms with E-state index in [1.807, 2.05) is 53.2 Å². The van der Waals surface area contributed by atoms with Gasteiger partial charge >= 0.3 is 0 Å². The molecular weight excluding hydrogens is 558 g/mol. The first-order chi connectivity index (χ1) is 20.8. The third-order valence-corrected chi connectivity index (χ3v) is 9.30. The third kappa shape index (κ3) is 7.92. The Balaban J connectivity index is 1.32. The van der Waals surface area contributed by atoms with Crippen LogP contribution in [0, 0.1) is 5.41 Å². The van der Waals surface area contributed by atoms with Crippen LogP contribution in [0.15, 0.2) is 79.0 Å². The number of carbonyl (C=O) groups is 1. The lowest BCUT2D eigenvalue weighted by molar-refractivity contribution is -0.128. The number of benzene rings is 3. The van der Waals surface area contributed by atoms with Crippen LogP contribution in [0.5, 0.6) is 5.75 Å². The van der Waals surface area contributed by atoms with E-state index in [9.17, 15) is 4.79 Å². The first-order valence-electron chi connectivity index (χ1n) is 15.3. The number of halogens is 1. The van der Waals surface area contributed by atoms with E-state index in [1.54, 1.807) is 7.11 Å². The molecule has 0 spiro atoms. The van der Waals surface area contributed by atoms with E-state index in [0.717, 1.165) is 47.4 Å². The normalized spacial score (nSPS) is 14.3. The van der Waals surface area contributed by atoms with E-state index in [4.69, 9.17) is 21.1 Å². The highest BCUT2D eigenvalue weighted by Crippen LogP contribution is 2.42. The van der Waals surface area contributed by atoms with Gasteiger partial charge in [-0.25, -0.2) is 4.68 Å². The van der Waals surface area contributed by atoms with Gasteiger partial charge in [-0.05, 0) is 84.9 Å². The highest BCUT2D eigenvalue weighted by molar-refractivity contribution is 6.31. The predicted molar refractivity (Wildman–Crippen MR) is 170 cm³/mol. The predicted octanol–water partition coefficient (Wildman–Crippen LogP) is 8.33. The van der Waals surface area contributed by atoms with Crippen LogP contribution in [0.25, 0.3) is 0 Å². The summed E-state index contributed by atoms with van der Waals surface area (Å²) in [7, 11) is 1.66. The van der Waals surface area contributed by atoms with Gasteiger partial charge in [0.2, 0.25) is 0 Å². The highest BCUT2D eigenvalue weighted by atomic mass is 35.5. The lowest BCUT2D eigenvalue weighted by Crippen LogP contribution is -2.32. The molecule has 1 fully saturated rings. The van der Waals surface area contributed by atoms with Crippen LogP contribution < -0.4 is 4.74 Å². The highest BCUT2D eigenvalue weighted by Gasteiger charge is 2.37. The Kier molecular flexibility index (Phi) is 10.3. The van der Waals surface area contributed by atoms with Crippen molar-refractivity contribution in [3.05, 3.63) is 112 Å². The Morgan fingerprint density at radius 2 is 1.77 bits per heavy atom. The van der Waals surface area contributed by atoms with Crippen LogP contribution in [-0.4, -0.2) is 27.9 Å². The number of rotatable bonds is 15. The second-order valence-electron chi connectivity index (χ2n) is 12.2. The van der Waals surface area contributed by atoms with E-state index in [0.29, 0.717) is 30.7 Å². The average Bonchev–Trinajstić information content (AvgIpc) is 3.45. The van der Waals surface area contributed by atoms with Crippen molar-refractivity contribution in [1.29, 1.82) is 0 Å². The van der Waals surface area contributed by atoms with Gasteiger partial charge in [-0.15, -0.1) is 5.10 Å². The number of nitrogens with zero attached hydrogens (tertiary/aromatic N) is 3. The van der Waals surface area contributed by atoms with Crippen molar-refractivity contribution in [1.82, 2.24) is 15.0 Å². The molecule has 226 valence electrons. The summed E-state index contributed by atoms with van der Waals surface area (Å²) >= 11 is 6.66. The maximum Gasteiger partial charge on any atom is 0.139 e. The molecule has 1 saturated carbocycles. The standard InChI is InChI=1S/C36H42ClN3O3/c1-36(2,35(41)21-14-26-8-5-4-6-9-26)33(19-16-30-23-40(39-38-30)31-10-7-11-31)28-15-20-34(37)29(22-28)25-43-24-27-12-17-32(42-3)18-13-27/h4-6,8-9,12-13,15,17-18,20,22-23,31,33H,7,10-11,14,16,19,21,24-25H2,1-3H3/t33-/m1/s1. The fourth-order valence-corrected chi connectivity index (χ4v) is 6.01. The van der Waals surface area contributed by atoms with Crippen LogP contribution >= 0.6 is 11.6 Å². The number of hydrogen-bond acceptors (Lipinski definition) is 5. The number of aromatic nitrogens is 3. The molecule has 1 aliphatic carbocycles. The molecule has 0 unspecified atom stereocenters. The minimum absolute atomic E-state index is 0.0257. The number of ether oxygens (including phenoxy) is 2. The second kappa shape index (κ2) is 14.3. The monoisotopic (exact) mass is 599 g/mol. The maximum atomic E-state index is 13.8. The molecule has 43 heavy (non-hydrogen) atoms. The fourth-order valence-electron chi connectivity index (χ4n) is 5.84. The van der Waals surface area contributed by atoms with Crippen molar-refractivity contribution >= 4 is 17.4 Å². The van der Waals surface area contributed by atoms with E-state index >= 15 is 0 Å². The second-order valence-corrected chi connectivity index (χ2v) is 12.6. The molecule has 1 heterocycles. The van der Waals surface area contributed by atoms with Gasteiger partial charge in [-0.3, -0.25) is 4.79 Å². The van der Waals surface area contributed by atoms with Crippen LogP contribution in [0.2, 0.25) is 5.02 Å². The molecule has 4 aromatic rings. The van der Waals surface area contributed by atoms with E-state index < -0.39 is 5.41 Å². The fraction of sp³-hybridized carbons (Fsp3) is 0.417. The zero-order valence-corrected chi connectivity index (χ0v) is 26.2. The van der Waals surface area contributed by atoms with Crippen molar-refractivity contribution in [2.45, 2.75) is 84.0 Å². The summed E-state index contributed by atoms with van der Waals surface area (Å²) in [4.78, 5) is 13.8. The summed E-state index contributed by atoms with van der Waals surface area (Å²) in [6.45, 7) is 5.02. The summed E-state index contributed by atoms with van der Waals surface area (Å²) in [5.41, 5.74) is 4.64. The molecule has 1 aliphatic rings. The maximum absolute atomic E-state index is 13.8. The van der Waals surface area contributed by atoms with E-state index in [1.165, 1.54) is 24.8 Å². The molecule has 3 aromatic carbocycles. The molecule has 6 nitrogen and oxygen atoms in total. The van der Waals surface area contributed by atoms with Crippen molar-refractivity contribution in [2.75, 3.05) is 7.11 Å². The molecule has 1 aromatic heterocycles. The lowest BCUT2D eigenvalue weighted by atomic mass is 9.68. The van der Waals surface area contributed by atoms with Gasteiger partial charge < -0.3 is 9.47 Å². The SMILES string of the molecule is COc1ccc(COCc2cc([C@@H](CCc3cn(C4CCC4)nn3)C(C)(C)C(=O)CCc3ccccc3)ccc2Cl)cc1. The summed E-state index contributed by atoms with van der Waals surface area (Å²) in [6.07, 6.45) is 8.44. The van der Waals surface area contributed by atoms with Gasteiger partial charge in [0, 0.05) is 23.1 Å². The Morgan fingerprint density at radius 3 is 2.47 bits per heavy atom. The number of Topliss-reactive ketones (excluding diaryl/α,β-unsaturated/α-hetero) is 1. The minimum Gasteiger partial charge on any atom is -0.497 e. The zero-order valence-electron chi connectivity index (χ0n) is 25.5. The van der Waals surface area contributed by atoms with E-state index in [2.05, 4.69) is 54.6 Å². The summed E-state index contributed by atoms with van der Waals surface area (Å²) < 4.78 is 13.3. The van der Waals surface area contributed by atoms with Crippen LogP contribution in [0.3, 0.4) is 0 Å². The molecule has 5 rings (SSSR count). The molecule has 0 saturated heterocycles. The molecule has 1 atom stereocenters. The molecule has 0 amide bonds. The van der Waals surface area contributed by atoms with E-state index in [-0.39, 0.29) is 11.7 Å². The Labute approximate surface area is 260 Å². The van der Waals surface area contributed by atoms with Crippen molar-refractivity contribution in [2.24, 2.45) is 5.41 Å². The number of aryl methyl sites for hydroxylation is 2. The van der Waals surface area contributed by atoms with Crippen LogP contribution in [0.4, 0.5) is 0 Å². The first-order valence-corrected chi connectivity index (χ1v) is 15.7. The van der Waals surface area contributed by atoms with Gasteiger partial charge in [-0.2, -0.15) is 0 Å². The molecule has 0 aliphatic heterocycles. The number of methoxy groups -OCH3 is 1. The Morgan fingerprint density at radius 1 is 1.00 bits per heavy atom. The first kappa shape index (κ1) is 31.0. The molecular formula is C36H42ClN3O3. The quantitative estimate of drug-likeness (QED) is 0.137. The summed E-state index contributed by atoms with van der Waals surface area (Å²) in [5.74, 6) is 1.05. The topological polar surface area (TPSA) is 66.2 Å². The molecule has 7 heteroatoms. The lowest BCUT2D eigenvalue weighted by Gasteiger charge is -2.34. The van der Waals surface area contributed by atoms with Gasteiger partial charge in [0.25, 0.3) is 0 Å². The van der Waals surface area contributed by atoms with Gasteiger partial charge in [0.15, 0.2) is 0 Å². The number of ketones is 1. The largest absolute Gasteiger partial charge is 0.497 e. The number of hydrogen-bond donors (Lipinski definition) is 0. The van der Waals surface area contributed by atoms with Gasteiger partial charge in [0.1, 0.15) is 11.5 Å². The zero-order chi connectivity index (χ0) is 30.2. The van der Waals surface area contributed by atoms with Crippen molar-refractivity contribution in [3.8, 4) is 5.75 Å². The van der Waals surface area contributed by atoms with Crippen molar-refractivity contribution in [3.63, 3.8) is 0 Å². The Hall–Kier alpha value is -3.48. The molecule has 0 bridgehead atoms. The Bertz CT molecular complexity index is 1480. The summed E-state index contributed by atoms with van der Waals surface area (Å²) in [6, 6.07) is 24.7. The molecule has 0 N–H and O–H groups in total. The summed E-state index contributed by atoms with van der Waals surface area (Å²) in [5, 5.41) is 9.54. The molecule has 0 radical (unpaired) electrons. The average molecular weight is 600 g/mol. The van der Waals surface area contributed by atoms with Crippen LogP contribution in [-0.2, 0) is 35.6 Å². The number of carbonyl (C=O) groups excluding carboxylic acids is 1. The third-order valence-electron chi connectivity index (χ3n) is 8.93. The van der Waals surface area contributed by atoms with Crippen LogP contribution in [0.1, 0.15) is 85.9 Å². The van der Waals surface area contributed by atoms with Crippen molar-refractivity contribution < 1.29 is 14.3 Å².